The van der Waals surface area contributed by atoms with Crippen molar-refractivity contribution in [1.82, 2.24) is 10.3 Å². The van der Waals surface area contributed by atoms with Crippen molar-refractivity contribution >= 4 is 17.0 Å². The molecule has 0 radical (unpaired) electrons. The molecule has 0 saturated heterocycles. The first-order valence-electron chi connectivity index (χ1n) is 8.90. The Morgan fingerprint density at radius 3 is 2.48 bits per heavy atom. The molecule has 4 nitrogen and oxygen atoms in total. The molecule has 0 bridgehead atoms. The zero-order valence-electron chi connectivity index (χ0n) is 15.3. The van der Waals surface area contributed by atoms with Crippen LogP contribution in [0.5, 0.6) is 0 Å². The number of rotatable bonds is 4. The Bertz CT molecular complexity index is 1080. The van der Waals surface area contributed by atoms with Crippen molar-refractivity contribution in [2.75, 3.05) is 0 Å². The molecular weight excluding hydrogens is 336 g/mol. The van der Waals surface area contributed by atoms with Crippen molar-refractivity contribution in [3.05, 3.63) is 89.0 Å². The molecule has 0 spiro atoms. The molecule has 0 unspecified atom stereocenters. The predicted octanol–water partition coefficient (Wildman–Crippen LogP) is 5.04. The van der Waals surface area contributed by atoms with Gasteiger partial charge >= 0.3 is 0 Å². The third-order valence-electron chi connectivity index (χ3n) is 4.72. The fourth-order valence-corrected chi connectivity index (χ4v) is 2.93. The highest BCUT2D eigenvalue weighted by Crippen LogP contribution is 2.24. The number of aromatic nitrogens is 1. The fraction of sp³-hybridized carbons (Fsp3) is 0.130. The van der Waals surface area contributed by atoms with Gasteiger partial charge in [0.05, 0.1) is 0 Å². The van der Waals surface area contributed by atoms with E-state index < -0.39 is 0 Å². The molecule has 4 heteroatoms. The molecule has 1 amide bonds. The first-order chi connectivity index (χ1) is 13.1. The normalized spacial score (nSPS) is 10.9. The smallest absolute Gasteiger partial charge is 0.251 e. The van der Waals surface area contributed by atoms with Crippen LogP contribution in [0, 0.1) is 13.8 Å². The summed E-state index contributed by atoms with van der Waals surface area (Å²) in [7, 11) is 0. The summed E-state index contributed by atoms with van der Waals surface area (Å²) in [6.07, 6.45) is 0. The molecule has 0 atom stereocenters. The number of carbonyl (C=O) groups excluding carboxylic acids is 1. The van der Waals surface area contributed by atoms with Crippen LogP contribution < -0.4 is 5.32 Å². The third-order valence-corrected chi connectivity index (χ3v) is 4.72. The number of benzene rings is 3. The van der Waals surface area contributed by atoms with E-state index in [9.17, 15) is 4.79 Å². The Kier molecular flexibility index (Phi) is 4.47. The maximum absolute atomic E-state index is 12.3. The van der Waals surface area contributed by atoms with Gasteiger partial charge in [-0.1, -0.05) is 30.3 Å². The number of carbonyl (C=O) groups is 1. The minimum absolute atomic E-state index is 0.0684. The van der Waals surface area contributed by atoms with Gasteiger partial charge in [0.2, 0.25) is 5.89 Å². The molecule has 134 valence electrons. The van der Waals surface area contributed by atoms with E-state index in [1.54, 1.807) is 0 Å². The summed E-state index contributed by atoms with van der Waals surface area (Å²) in [6, 6.07) is 21.3. The summed E-state index contributed by atoms with van der Waals surface area (Å²) in [6.45, 7) is 4.52. The van der Waals surface area contributed by atoms with Crippen LogP contribution in [0.2, 0.25) is 0 Å². The quantitative estimate of drug-likeness (QED) is 0.557. The van der Waals surface area contributed by atoms with Crippen LogP contribution in [0.15, 0.2) is 71.1 Å². The maximum Gasteiger partial charge on any atom is 0.251 e. The lowest BCUT2D eigenvalue weighted by atomic mass is 10.1. The van der Waals surface area contributed by atoms with Gasteiger partial charge in [-0.2, -0.15) is 0 Å². The summed E-state index contributed by atoms with van der Waals surface area (Å²) < 4.78 is 5.79. The van der Waals surface area contributed by atoms with Crippen molar-refractivity contribution in [3.63, 3.8) is 0 Å². The number of fused-ring (bicyclic) bond motifs is 1. The van der Waals surface area contributed by atoms with Gasteiger partial charge in [-0.3, -0.25) is 4.79 Å². The number of oxazole rings is 1. The SMILES string of the molecule is Cc1ccc(C(=O)NCc2ccc(-c3nc4ccccc4o3)cc2)cc1C. The Morgan fingerprint density at radius 1 is 0.963 bits per heavy atom. The molecule has 1 N–H and O–H groups in total. The van der Waals surface area contributed by atoms with Crippen LogP contribution in [0.1, 0.15) is 27.0 Å². The second-order valence-corrected chi connectivity index (χ2v) is 6.67. The van der Waals surface area contributed by atoms with Crippen molar-refractivity contribution in [1.29, 1.82) is 0 Å². The number of nitrogens with zero attached hydrogens (tertiary/aromatic N) is 1. The Hall–Kier alpha value is -3.40. The summed E-state index contributed by atoms with van der Waals surface area (Å²) in [5, 5.41) is 2.96. The number of nitrogens with one attached hydrogen (secondary N) is 1. The molecule has 0 aliphatic carbocycles. The summed E-state index contributed by atoms with van der Waals surface area (Å²) >= 11 is 0. The van der Waals surface area contributed by atoms with E-state index in [2.05, 4.69) is 10.3 Å². The predicted molar refractivity (Wildman–Crippen MR) is 107 cm³/mol. The monoisotopic (exact) mass is 356 g/mol. The lowest BCUT2D eigenvalue weighted by molar-refractivity contribution is 0.0951. The number of hydrogen-bond donors (Lipinski definition) is 1. The van der Waals surface area contributed by atoms with Crippen molar-refractivity contribution in [2.45, 2.75) is 20.4 Å². The van der Waals surface area contributed by atoms with Crippen LogP contribution >= 0.6 is 0 Å². The van der Waals surface area contributed by atoms with Gasteiger partial charge < -0.3 is 9.73 Å². The van der Waals surface area contributed by atoms with Gasteiger partial charge in [-0.15, -0.1) is 0 Å². The maximum atomic E-state index is 12.3. The van der Waals surface area contributed by atoms with Gasteiger partial charge in [-0.05, 0) is 66.9 Å². The fourth-order valence-electron chi connectivity index (χ4n) is 2.93. The zero-order chi connectivity index (χ0) is 18.8. The Balaban J connectivity index is 1.44. The molecule has 1 heterocycles. The molecule has 0 saturated carbocycles. The molecule has 27 heavy (non-hydrogen) atoms. The third kappa shape index (κ3) is 3.60. The zero-order valence-corrected chi connectivity index (χ0v) is 15.3. The van der Waals surface area contributed by atoms with Crippen molar-refractivity contribution in [3.8, 4) is 11.5 Å². The average molecular weight is 356 g/mol. The molecule has 1 aromatic heterocycles. The van der Waals surface area contributed by atoms with E-state index in [0.717, 1.165) is 27.8 Å². The van der Waals surface area contributed by atoms with Crippen LogP contribution in [-0.2, 0) is 6.54 Å². The van der Waals surface area contributed by atoms with E-state index >= 15 is 0 Å². The largest absolute Gasteiger partial charge is 0.436 e. The summed E-state index contributed by atoms with van der Waals surface area (Å²) in [5.74, 6) is 0.531. The van der Waals surface area contributed by atoms with E-state index in [-0.39, 0.29) is 5.91 Å². The molecule has 0 fully saturated rings. The van der Waals surface area contributed by atoms with Gasteiger partial charge in [0.1, 0.15) is 5.52 Å². The Labute approximate surface area is 157 Å². The van der Waals surface area contributed by atoms with Gasteiger partial charge in [-0.25, -0.2) is 4.98 Å². The first-order valence-corrected chi connectivity index (χ1v) is 8.90. The highest BCUT2D eigenvalue weighted by Gasteiger charge is 2.09. The standard InChI is InChI=1S/C23H20N2O2/c1-15-7-10-19(13-16(15)2)22(26)24-14-17-8-11-18(12-9-17)23-25-20-5-3-4-6-21(20)27-23/h3-13H,14H2,1-2H3,(H,24,26). The first kappa shape index (κ1) is 17.0. The Morgan fingerprint density at radius 2 is 1.74 bits per heavy atom. The van der Waals surface area contributed by atoms with E-state index in [1.165, 1.54) is 5.56 Å². The number of para-hydroxylation sites is 2. The number of aryl methyl sites for hydroxylation is 2. The van der Waals surface area contributed by atoms with Crippen molar-refractivity contribution in [2.24, 2.45) is 0 Å². The topological polar surface area (TPSA) is 55.1 Å². The highest BCUT2D eigenvalue weighted by atomic mass is 16.3. The number of hydrogen-bond acceptors (Lipinski definition) is 3. The second kappa shape index (κ2) is 7.08. The van der Waals surface area contributed by atoms with Crippen LogP contribution in [0.3, 0.4) is 0 Å². The van der Waals surface area contributed by atoms with E-state index in [0.29, 0.717) is 18.0 Å². The second-order valence-electron chi connectivity index (χ2n) is 6.67. The lowest BCUT2D eigenvalue weighted by Gasteiger charge is -2.08. The minimum atomic E-state index is -0.0684. The van der Waals surface area contributed by atoms with Crippen LogP contribution in [0.4, 0.5) is 0 Å². The van der Waals surface area contributed by atoms with Gasteiger partial charge in [0, 0.05) is 17.7 Å². The van der Waals surface area contributed by atoms with Gasteiger partial charge in [0.25, 0.3) is 5.91 Å². The van der Waals surface area contributed by atoms with Crippen LogP contribution in [0.25, 0.3) is 22.6 Å². The molecule has 0 aliphatic heterocycles. The van der Waals surface area contributed by atoms with Gasteiger partial charge in [0.15, 0.2) is 5.58 Å². The lowest BCUT2D eigenvalue weighted by Crippen LogP contribution is -2.22. The molecular formula is C23H20N2O2. The molecule has 3 aromatic carbocycles. The molecule has 4 rings (SSSR count). The average Bonchev–Trinajstić information content (AvgIpc) is 3.13. The van der Waals surface area contributed by atoms with E-state index in [1.807, 2.05) is 80.6 Å². The number of amides is 1. The highest BCUT2D eigenvalue weighted by molar-refractivity contribution is 5.94. The van der Waals surface area contributed by atoms with Crippen molar-refractivity contribution < 1.29 is 9.21 Å². The summed E-state index contributed by atoms with van der Waals surface area (Å²) in [5.41, 5.74) is 6.53. The van der Waals surface area contributed by atoms with E-state index in [4.69, 9.17) is 4.42 Å². The molecule has 4 aromatic rings. The van der Waals surface area contributed by atoms with Crippen LogP contribution in [-0.4, -0.2) is 10.9 Å². The minimum Gasteiger partial charge on any atom is -0.436 e. The summed E-state index contributed by atoms with van der Waals surface area (Å²) in [4.78, 5) is 16.8. The molecule has 0 aliphatic rings.